The summed E-state index contributed by atoms with van der Waals surface area (Å²) in [5.41, 5.74) is 0.588. The van der Waals surface area contributed by atoms with Crippen LogP contribution < -0.4 is 0 Å². The summed E-state index contributed by atoms with van der Waals surface area (Å²) in [5.74, 6) is -8.08. The molecule has 4 aliphatic rings. The van der Waals surface area contributed by atoms with E-state index >= 15 is 0 Å². The molecule has 3 saturated heterocycles. The fraction of sp³-hybridized carbons (Fsp3) is 0.810. The number of hydrogen-bond acceptors (Lipinski definition) is 12. The fourth-order valence-corrected chi connectivity index (χ4v) is 9.41. The van der Waals surface area contributed by atoms with E-state index in [0.29, 0.717) is 56.9 Å². The molecule has 1 saturated carbocycles. The monoisotopic (exact) mass is 777 g/mol. The number of amides is 1. The Morgan fingerprint density at radius 1 is 0.891 bits per heavy atom. The number of rotatable bonds is 5. The van der Waals surface area contributed by atoms with Crippen molar-refractivity contribution in [1.82, 2.24) is 4.90 Å². The second-order valence-corrected chi connectivity index (χ2v) is 17.3. The van der Waals surface area contributed by atoms with Gasteiger partial charge in [0.2, 0.25) is 5.79 Å². The number of piperidine rings is 1. The molecule has 15 atom stereocenters. The van der Waals surface area contributed by atoms with Gasteiger partial charge in [-0.1, -0.05) is 39.8 Å². The van der Waals surface area contributed by atoms with Crippen LogP contribution >= 0.6 is 0 Å². The summed E-state index contributed by atoms with van der Waals surface area (Å²) in [6.07, 6.45) is 0.945. The molecule has 0 aromatic rings. The maximum absolute atomic E-state index is 14.2. The number of aliphatic hydroxyl groups is 5. The van der Waals surface area contributed by atoms with Crippen LogP contribution in [0, 0.1) is 35.5 Å². The van der Waals surface area contributed by atoms with Crippen LogP contribution in [-0.4, -0.2) is 122 Å². The summed E-state index contributed by atoms with van der Waals surface area (Å²) in [5, 5.41) is 55.4. The van der Waals surface area contributed by atoms with Crippen LogP contribution in [0.2, 0.25) is 0 Å². The van der Waals surface area contributed by atoms with E-state index in [-0.39, 0.29) is 55.8 Å². The zero-order valence-corrected chi connectivity index (χ0v) is 33.7. The second kappa shape index (κ2) is 19.8. The maximum atomic E-state index is 14.2. The lowest BCUT2D eigenvalue weighted by Crippen LogP contribution is -2.64. The number of esters is 1. The number of Topliss-reactive ketones (excluding diaryl/α,β-unsaturated/α-hetero) is 2. The van der Waals surface area contributed by atoms with Crippen LogP contribution in [0.5, 0.6) is 0 Å². The van der Waals surface area contributed by atoms with Crippen molar-refractivity contribution in [3.63, 3.8) is 0 Å². The number of allylic oxidation sites excluding steroid dienone is 2. The van der Waals surface area contributed by atoms with Gasteiger partial charge in [0.1, 0.15) is 24.0 Å². The number of fused-ring (bicyclic) bond motifs is 3. The van der Waals surface area contributed by atoms with E-state index in [2.05, 4.69) is 6.58 Å². The lowest BCUT2D eigenvalue weighted by Gasteiger charge is -2.46. The Labute approximate surface area is 326 Å². The highest BCUT2D eigenvalue weighted by Gasteiger charge is 2.56. The lowest BCUT2D eigenvalue weighted by molar-refractivity contribution is -0.301. The van der Waals surface area contributed by atoms with Crippen LogP contribution in [0.15, 0.2) is 24.3 Å². The molecule has 0 aromatic carbocycles. The van der Waals surface area contributed by atoms with Crippen molar-refractivity contribution in [3.8, 4) is 0 Å². The van der Waals surface area contributed by atoms with Crippen molar-refractivity contribution < 1.29 is 58.9 Å². The summed E-state index contributed by atoms with van der Waals surface area (Å²) in [4.78, 5) is 57.3. The molecule has 55 heavy (non-hydrogen) atoms. The first-order chi connectivity index (χ1) is 25.9. The molecular formula is C42H67NO12. The maximum Gasteiger partial charge on any atom is 0.329 e. The first kappa shape index (κ1) is 45.2. The van der Waals surface area contributed by atoms with E-state index in [4.69, 9.17) is 14.2 Å². The topological polar surface area (TPSA) is 200 Å². The van der Waals surface area contributed by atoms with Gasteiger partial charge in [-0.2, -0.15) is 0 Å². The lowest BCUT2D eigenvalue weighted by atomic mass is 9.79. The number of aliphatic hydroxyl groups excluding tert-OH is 4. The predicted molar refractivity (Wildman–Crippen MR) is 203 cm³/mol. The van der Waals surface area contributed by atoms with Gasteiger partial charge in [0.15, 0.2) is 0 Å². The van der Waals surface area contributed by atoms with Crippen LogP contribution in [0.3, 0.4) is 0 Å². The van der Waals surface area contributed by atoms with Gasteiger partial charge in [0.05, 0.1) is 30.5 Å². The molecule has 13 nitrogen and oxygen atoms in total. The summed E-state index contributed by atoms with van der Waals surface area (Å²) in [6, 6.07) is -1.18. The third-order valence-corrected chi connectivity index (χ3v) is 12.7. The van der Waals surface area contributed by atoms with Gasteiger partial charge >= 0.3 is 5.97 Å². The van der Waals surface area contributed by atoms with Gasteiger partial charge in [-0.05, 0) is 101 Å². The Bertz CT molecular complexity index is 1390. The number of carbonyl (C=O) groups excluding carboxylic acids is 4. The zero-order chi connectivity index (χ0) is 40.8. The Morgan fingerprint density at radius 3 is 2.24 bits per heavy atom. The molecule has 0 spiro atoms. The molecule has 3 heterocycles. The minimum absolute atomic E-state index is 0.0436. The van der Waals surface area contributed by atoms with Gasteiger partial charge in [-0.3, -0.25) is 14.4 Å². The van der Waals surface area contributed by atoms with Gasteiger partial charge in [-0.15, -0.1) is 6.58 Å². The highest BCUT2D eigenvalue weighted by molar-refractivity contribution is 6.39. The van der Waals surface area contributed by atoms with Crippen molar-refractivity contribution in [2.24, 2.45) is 35.5 Å². The number of nitrogens with zero attached hydrogens (tertiary/aromatic N) is 1. The smallest absolute Gasteiger partial charge is 0.329 e. The molecule has 0 radical (unpaired) electrons. The standard InChI is InChI=1S/C42H67NO12/c1-8-11-29-17-23(2)16-24(3)18-35(48)38-36(53-7)20-26(5)42(52,55-38)39(49)40(50)43-15-10-9-12-30(43)41(51)54-37(27(6)32(45)22-33(29)46)25(4)19-28-13-14-31(44)34(47)21-28/h8,19,23-24,26-32,34-38,44-45,47-48,52H,1,9-18,20-22H2,2-7H3/b25-19+/t23?,24-,26+,27+,28+,29+,30-,31+,32-,34+,35-,36-,37+,38+,42+/m0/s1. The number of carbonyl (C=O) groups is 4. The normalized spacial score (nSPS) is 42.5. The van der Waals surface area contributed by atoms with Gasteiger partial charge in [0.25, 0.3) is 11.7 Å². The largest absolute Gasteiger partial charge is 0.456 e. The minimum atomic E-state index is -2.59. The Kier molecular flexibility index (Phi) is 16.2. The predicted octanol–water partition coefficient (Wildman–Crippen LogP) is 3.41. The first-order valence-electron chi connectivity index (χ1n) is 20.4. The number of ketones is 2. The van der Waals surface area contributed by atoms with Crippen molar-refractivity contribution in [2.45, 2.75) is 166 Å². The summed E-state index contributed by atoms with van der Waals surface area (Å²) < 4.78 is 17.9. The summed E-state index contributed by atoms with van der Waals surface area (Å²) in [7, 11) is 1.46. The van der Waals surface area contributed by atoms with Crippen LogP contribution in [0.25, 0.3) is 0 Å². The molecule has 1 aliphatic carbocycles. The SMILES string of the molecule is C=CC[C@@H]1CC(C)C[C@H](C)C[C@H](O)[C@H]2O[C@@](O)(C(=O)C(=O)N3CCCC[C@H]3C(=O)O[C@H](/C(C)=C/[C@H]3CC[C@@H](O)[C@H](O)C3)[C@H](C)[C@@H](O)CC1=O)[C@H](C)C[C@@H]2OC. The number of ether oxygens (including phenoxy) is 3. The van der Waals surface area contributed by atoms with Crippen LogP contribution in [-0.2, 0) is 33.4 Å². The second-order valence-electron chi connectivity index (χ2n) is 17.3. The first-order valence-corrected chi connectivity index (χ1v) is 20.4. The van der Waals surface area contributed by atoms with Gasteiger partial charge < -0.3 is 44.6 Å². The Hall–Kier alpha value is -2.52. The van der Waals surface area contributed by atoms with Crippen molar-refractivity contribution >= 4 is 23.4 Å². The summed E-state index contributed by atoms with van der Waals surface area (Å²) in [6.45, 7) is 12.9. The van der Waals surface area contributed by atoms with Crippen molar-refractivity contribution in [1.29, 1.82) is 0 Å². The number of cyclic esters (lactones) is 1. The highest BCUT2D eigenvalue weighted by atomic mass is 16.7. The Balaban J connectivity index is 1.74. The van der Waals surface area contributed by atoms with E-state index in [1.165, 1.54) is 7.11 Å². The molecule has 13 heteroatoms. The van der Waals surface area contributed by atoms with E-state index in [1.54, 1.807) is 26.8 Å². The zero-order valence-electron chi connectivity index (χ0n) is 33.7. The molecule has 4 fully saturated rings. The molecule has 5 N–H and O–H groups in total. The average Bonchev–Trinajstić information content (AvgIpc) is 3.14. The molecule has 1 amide bonds. The van der Waals surface area contributed by atoms with Crippen molar-refractivity contribution in [2.75, 3.05) is 13.7 Å². The fourth-order valence-electron chi connectivity index (χ4n) is 9.41. The average molecular weight is 778 g/mol. The molecule has 4 rings (SSSR count). The van der Waals surface area contributed by atoms with E-state index in [1.807, 2.05) is 19.9 Å². The van der Waals surface area contributed by atoms with E-state index in [0.717, 1.165) is 4.90 Å². The van der Waals surface area contributed by atoms with Gasteiger partial charge in [-0.25, -0.2) is 4.79 Å². The molecule has 3 aliphatic heterocycles. The highest BCUT2D eigenvalue weighted by Crippen LogP contribution is 2.39. The Morgan fingerprint density at radius 2 is 1.58 bits per heavy atom. The number of hydrogen-bond donors (Lipinski definition) is 5. The molecule has 0 aromatic heterocycles. The molecular weight excluding hydrogens is 710 g/mol. The molecule has 312 valence electrons. The number of methoxy groups -OCH3 is 1. The quantitative estimate of drug-likeness (QED) is 0.155. The van der Waals surface area contributed by atoms with Crippen LogP contribution in [0.4, 0.5) is 0 Å². The summed E-state index contributed by atoms with van der Waals surface area (Å²) >= 11 is 0. The van der Waals surface area contributed by atoms with Gasteiger partial charge in [0, 0.05) is 37.8 Å². The molecule has 2 bridgehead atoms. The third-order valence-electron chi connectivity index (χ3n) is 12.7. The molecule has 1 unspecified atom stereocenters. The van der Waals surface area contributed by atoms with Crippen LogP contribution in [0.1, 0.15) is 112 Å². The van der Waals surface area contributed by atoms with E-state index in [9.17, 15) is 44.7 Å². The minimum Gasteiger partial charge on any atom is -0.456 e. The third kappa shape index (κ3) is 10.9. The van der Waals surface area contributed by atoms with E-state index < -0.39 is 90.0 Å². The van der Waals surface area contributed by atoms with Crippen molar-refractivity contribution in [3.05, 3.63) is 24.3 Å².